The van der Waals surface area contributed by atoms with Gasteiger partial charge in [-0.25, -0.2) is 4.79 Å². The summed E-state index contributed by atoms with van der Waals surface area (Å²) in [5.74, 6) is 0.549. The standard InChI is InChI=1S/C26H35BN6O4S2/c1-13-14(8-9-16(30-33-29)20(13)21(34)35-24(2,3)4)10-19(38-23-32-31-22(28)39-23)27-36-18-12-15-11-17(25(15,5)6)26(18,7)37-27/h8-9,15,17-19H,10-12H2,1-7H3,(H2,28,31)/t15?,17?,18?,19-,26-/m0/s1. The van der Waals surface area contributed by atoms with Gasteiger partial charge in [0.15, 0.2) is 4.34 Å². The third kappa shape index (κ3) is 5.15. The van der Waals surface area contributed by atoms with Gasteiger partial charge >= 0.3 is 13.1 Å². The molecule has 1 aromatic carbocycles. The fraction of sp³-hybridized carbons (Fsp3) is 0.654. The third-order valence-electron chi connectivity index (χ3n) is 8.68. The van der Waals surface area contributed by atoms with E-state index in [0.29, 0.717) is 29.0 Å². The lowest BCUT2D eigenvalue weighted by Gasteiger charge is -2.64. The van der Waals surface area contributed by atoms with E-state index in [4.69, 9.17) is 25.3 Å². The van der Waals surface area contributed by atoms with Crippen molar-refractivity contribution in [3.63, 3.8) is 0 Å². The molecule has 0 radical (unpaired) electrons. The first-order valence-electron chi connectivity index (χ1n) is 13.2. The fourth-order valence-electron chi connectivity index (χ4n) is 6.55. The molecule has 1 aromatic heterocycles. The van der Waals surface area contributed by atoms with Crippen molar-refractivity contribution < 1.29 is 18.8 Å². The van der Waals surface area contributed by atoms with Crippen molar-refractivity contribution in [2.24, 2.45) is 22.4 Å². The quantitative estimate of drug-likeness (QED) is 0.102. The van der Waals surface area contributed by atoms with E-state index in [0.717, 1.165) is 16.3 Å². The summed E-state index contributed by atoms with van der Waals surface area (Å²) in [5.41, 5.74) is 16.3. The number of ether oxygens (including phenoxy) is 1. The smallest absolute Gasteiger partial charge is 0.456 e. The highest BCUT2D eigenvalue weighted by atomic mass is 32.2. The number of nitrogens with two attached hydrogens (primary N) is 1. The zero-order valence-electron chi connectivity index (χ0n) is 23.4. The summed E-state index contributed by atoms with van der Waals surface area (Å²) in [4.78, 5) is 16.1. The molecule has 3 saturated carbocycles. The first-order valence-corrected chi connectivity index (χ1v) is 14.9. The number of thioether (sulfide) groups is 1. The molecule has 13 heteroatoms. The molecule has 208 valence electrons. The second-order valence-electron chi connectivity index (χ2n) is 12.5. The van der Waals surface area contributed by atoms with Crippen molar-refractivity contribution in [3.05, 3.63) is 39.3 Å². The van der Waals surface area contributed by atoms with E-state index in [-0.39, 0.29) is 33.5 Å². The van der Waals surface area contributed by atoms with Gasteiger partial charge in [0.05, 0.1) is 28.1 Å². The number of carbonyl (C=O) groups is 1. The number of hydrogen-bond donors (Lipinski definition) is 1. The molecule has 3 aliphatic carbocycles. The maximum atomic E-state index is 13.2. The largest absolute Gasteiger partial charge is 0.472 e. The minimum atomic E-state index is -0.699. The summed E-state index contributed by atoms with van der Waals surface area (Å²) in [6.45, 7) is 14.1. The highest BCUT2D eigenvalue weighted by Gasteiger charge is 2.68. The number of esters is 1. The Bertz CT molecular complexity index is 1340. The van der Waals surface area contributed by atoms with Gasteiger partial charge in [-0.2, -0.15) is 0 Å². The van der Waals surface area contributed by atoms with Crippen LogP contribution in [0.3, 0.4) is 0 Å². The van der Waals surface area contributed by atoms with Gasteiger partial charge in [-0.1, -0.05) is 54.2 Å². The van der Waals surface area contributed by atoms with Crippen molar-refractivity contribution in [3.8, 4) is 0 Å². The Morgan fingerprint density at radius 1 is 1.36 bits per heavy atom. The zero-order valence-corrected chi connectivity index (χ0v) is 25.1. The summed E-state index contributed by atoms with van der Waals surface area (Å²) < 4.78 is 19.8. The van der Waals surface area contributed by atoms with Crippen LogP contribution in [0.15, 0.2) is 21.6 Å². The van der Waals surface area contributed by atoms with E-state index in [2.05, 4.69) is 41.0 Å². The average molecular weight is 571 g/mol. The molecule has 6 rings (SSSR count). The van der Waals surface area contributed by atoms with Crippen LogP contribution in [-0.2, 0) is 20.5 Å². The predicted molar refractivity (Wildman–Crippen MR) is 153 cm³/mol. The minimum absolute atomic E-state index is 0.0348. The first-order chi connectivity index (χ1) is 18.2. The van der Waals surface area contributed by atoms with Gasteiger partial charge < -0.3 is 19.8 Å². The number of benzene rings is 1. The van der Waals surface area contributed by atoms with Crippen molar-refractivity contribution in [2.75, 3.05) is 5.73 Å². The van der Waals surface area contributed by atoms with Crippen molar-refractivity contribution >= 4 is 47.0 Å². The Morgan fingerprint density at radius 3 is 2.72 bits per heavy atom. The molecule has 2 aromatic rings. The van der Waals surface area contributed by atoms with Gasteiger partial charge in [0.1, 0.15) is 5.60 Å². The molecular weight excluding hydrogens is 535 g/mol. The van der Waals surface area contributed by atoms with E-state index >= 15 is 0 Å². The summed E-state index contributed by atoms with van der Waals surface area (Å²) in [7, 11) is -0.480. The van der Waals surface area contributed by atoms with Crippen molar-refractivity contribution in [2.45, 2.75) is 94.5 Å². The van der Waals surface area contributed by atoms with E-state index in [1.165, 1.54) is 29.5 Å². The molecule has 0 amide bonds. The minimum Gasteiger partial charge on any atom is -0.456 e. The Kier molecular flexibility index (Phi) is 7.21. The van der Waals surface area contributed by atoms with Gasteiger partial charge in [0.25, 0.3) is 0 Å². The monoisotopic (exact) mass is 570 g/mol. The maximum Gasteiger partial charge on any atom is 0.472 e. The van der Waals surface area contributed by atoms with Crippen molar-refractivity contribution in [1.29, 1.82) is 0 Å². The number of carbonyl (C=O) groups excluding carboxylic acids is 1. The van der Waals surface area contributed by atoms with E-state index in [1.807, 2.05) is 13.0 Å². The molecule has 1 saturated heterocycles. The molecule has 39 heavy (non-hydrogen) atoms. The number of rotatable bonds is 7. The lowest BCUT2D eigenvalue weighted by atomic mass is 9.43. The van der Waals surface area contributed by atoms with Crippen LogP contribution >= 0.6 is 23.1 Å². The van der Waals surface area contributed by atoms with Crippen LogP contribution in [0.25, 0.3) is 10.4 Å². The number of aromatic nitrogens is 2. The molecule has 4 aliphatic rings. The predicted octanol–water partition coefficient (Wildman–Crippen LogP) is 6.30. The fourth-order valence-corrected chi connectivity index (χ4v) is 8.55. The molecular formula is C26H35BN6O4S2. The molecule has 2 heterocycles. The first kappa shape index (κ1) is 28.2. The SMILES string of the molecule is Cc1c(C[C@H](Sc2nnc(N)s2)B2OC3CC4CC(C4(C)C)[C@]3(C)O2)ccc(N=[N+]=[N-])c1C(=O)OC(C)(C)C. The lowest BCUT2D eigenvalue weighted by Crippen LogP contribution is -2.65. The van der Waals surface area contributed by atoms with Crippen LogP contribution in [-0.4, -0.2) is 45.7 Å². The molecule has 0 spiro atoms. The van der Waals surface area contributed by atoms with Gasteiger partial charge in [0, 0.05) is 4.91 Å². The van der Waals surface area contributed by atoms with Crippen LogP contribution in [0.1, 0.15) is 75.9 Å². The molecule has 2 N–H and O–H groups in total. The van der Waals surface area contributed by atoms with Gasteiger partial charge in [0.2, 0.25) is 5.13 Å². The highest BCUT2D eigenvalue weighted by molar-refractivity contribution is 8.02. The maximum absolute atomic E-state index is 13.2. The second kappa shape index (κ2) is 9.96. The van der Waals surface area contributed by atoms with Gasteiger partial charge in [-0.3, -0.25) is 0 Å². The van der Waals surface area contributed by atoms with Crippen LogP contribution in [0.2, 0.25) is 0 Å². The Balaban J connectivity index is 1.48. The number of hydrogen-bond acceptors (Lipinski definition) is 10. The Labute approximate surface area is 237 Å². The van der Waals surface area contributed by atoms with Gasteiger partial charge in [-0.15, -0.1) is 10.2 Å². The zero-order chi connectivity index (χ0) is 28.3. The summed E-state index contributed by atoms with van der Waals surface area (Å²) >= 11 is 2.85. The van der Waals surface area contributed by atoms with E-state index < -0.39 is 18.7 Å². The lowest BCUT2D eigenvalue weighted by molar-refractivity contribution is -0.199. The van der Waals surface area contributed by atoms with Gasteiger partial charge in [-0.05, 0) is 87.8 Å². The summed E-state index contributed by atoms with van der Waals surface area (Å²) in [6.07, 6.45) is 2.71. The third-order valence-corrected chi connectivity index (χ3v) is 10.7. The average Bonchev–Trinajstić information content (AvgIpc) is 3.40. The molecule has 10 nitrogen and oxygen atoms in total. The highest BCUT2D eigenvalue weighted by Crippen LogP contribution is 2.66. The van der Waals surface area contributed by atoms with Crippen LogP contribution < -0.4 is 5.73 Å². The number of azide groups is 1. The van der Waals surface area contributed by atoms with Crippen LogP contribution in [0.4, 0.5) is 10.8 Å². The number of nitrogens with zero attached hydrogens (tertiary/aromatic N) is 5. The topological polar surface area (TPSA) is 145 Å². The van der Waals surface area contributed by atoms with Crippen LogP contribution in [0, 0.1) is 24.2 Å². The van der Waals surface area contributed by atoms with Crippen LogP contribution in [0.5, 0.6) is 0 Å². The molecule has 5 atom stereocenters. The summed E-state index contributed by atoms with van der Waals surface area (Å²) in [5, 5.41) is 12.2. The Morgan fingerprint density at radius 2 is 2.10 bits per heavy atom. The normalized spacial score (nSPS) is 27.8. The number of anilines is 1. The van der Waals surface area contributed by atoms with E-state index in [1.54, 1.807) is 26.8 Å². The molecule has 1 aliphatic heterocycles. The Hall–Kier alpha value is -2.31. The molecule has 2 bridgehead atoms. The summed E-state index contributed by atoms with van der Waals surface area (Å²) in [6, 6.07) is 3.56. The van der Waals surface area contributed by atoms with Crippen molar-refractivity contribution in [1.82, 2.24) is 10.2 Å². The molecule has 4 fully saturated rings. The van der Waals surface area contributed by atoms with E-state index in [9.17, 15) is 4.79 Å². The number of nitrogen functional groups attached to an aromatic ring is 1. The second-order valence-corrected chi connectivity index (χ2v) is 15.0. The molecule has 3 unspecified atom stereocenters.